The average molecular weight is 438 g/mol. The minimum absolute atomic E-state index is 0.0170. The maximum absolute atomic E-state index is 12.8. The number of rotatable bonds is 9. The number of Topliss-reactive ketones (excluding diaryl/α,β-unsaturated/α-hetero) is 1. The second-order valence-electron chi connectivity index (χ2n) is 7.97. The molecule has 1 atom stereocenters. The molecule has 3 rings (SSSR count). The molecule has 2 aromatic carbocycles. The molecule has 0 bridgehead atoms. The number of benzene rings is 2. The van der Waals surface area contributed by atoms with Crippen molar-refractivity contribution < 1.29 is 19.1 Å². The summed E-state index contributed by atoms with van der Waals surface area (Å²) in [6, 6.07) is 14.5. The molecule has 2 aromatic rings. The van der Waals surface area contributed by atoms with E-state index in [1.165, 1.54) is 6.92 Å². The van der Waals surface area contributed by atoms with E-state index in [4.69, 9.17) is 4.74 Å². The Balaban J connectivity index is 1.63. The zero-order valence-corrected chi connectivity index (χ0v) is 18.9. The molecule has 0 fully saturated rings. The number of ketones is 1. The number of para-hydroxylation sites is 2. The summed E-state index contributed by atoms with van der Waals surface area (Å²) in [7, 11) is 0. The Morgan fingerprint density at radius 2 is 1.75 bits per heavy atom. The second-order valence-corrected chi connectivity index (χ2v) is 7.97. The second kappa shape index (κ2) is 10.8. The quantitative estimate of drug-likeness (QED) is 0.583. The van der Waals surface area contributed by atoms with Gasteiger partial charge in [-0.15, -0.1) is 0 Å². The maximum Gasteiger partial charge on any atom is 0.263 e. The minimum Gasteiger partial charge on any atom is -0.477 e. The highest BCUT2D eigenvalue weighted by atomic mass is 16.5. The molecule has 7 heteroatoms. The molecule has 0 saturated heterocycles. The summed E-state index contributed by atoms with van der Waals surface area (Å²) >= 11 is 0. The molecule has 0 aliphatic carbocycles. The van der Waals surface area contributed by atoms with Crippen molar-refractivity contribution in [2.75, 3.05) is 23.3 Å². The van der Waals surface area contributed by atoms with E-state index in [9.17, 15) is 14.4 Å². The zero-order chi connectivity index (χ0) is 23.1. The number of hydrogen-bond acceptors (Lipinski definition) is 5. The number of hydrogen-bond donors (Lipinski definition) is 2. The van der Waals surface area contributed by atoms with Crippen molar-refractivity contribution in [2.45, 2.75) is 52.2 Å². The van der Waals surface area contributed by atoms with Crippen LogP contribution in [-0.2, 0) is 9.59 Å². The van der Waals surface area contributed by atoms with Crippen LogP contribution in [0.4, 0.5) is 11.4 Å². The molecule has 2 N–H and O–H groups in total. The highest BCUT2D eigenvalue weighted by Crippen LogP contribution is 2.33. The molecule has 0 aromatic heterocycles. The standard InChI is InChI=1S/C25H31N3O4/c1-4-19(5-2)27-25(31)23-16-28(21-8-6-7-9-22(21)32-23)15-14-24(30)26-20-12-10-18(11-13-20)17(3)29/h6-13,19,23H,4-5,14-16H2,1-3H3,(H,26,30)(H,27,31). The number of ether oxygens (including phenoxy) is 1. The fourth-order valence-corrected chi connectivity index (χ4v) is 3.69. The van der Waals surface area contributed by atoms with Gasteiger partial charge in [0.05, 0.1) is 12.2 Å². The molecule has 0 spiro atoms. The Bertz CT molecular complexity index is 954. The van der Waals surface area contributed by atoms with Crippen LogP contribution in [0.2, 0.25) is 0 Å². The molecule has 0 saturated carbocycles. The summed E-state index contributed by atoms with van der Waals surface area (Å²) in [6.07, 6.45) is 1.35. The number of carbonyl (C=O) groups is 3. The van der Waals surface area contributed by atoms with Gasteiger partial charge < -0.3 is 20.3 Å². The molecular formula is C25H31N3O4. The highest BCUT2D eigenvalue weighted by Gasteiger charge is 2.31. The summed E-state index contributed by atoms with van der Waals surface area (Å²) in [6.45, 7) is 6.43. The SMILES string of the molecule is CCC(CC)NC(=O)C1CN(CCC(=O)Nc2ccc(C(C)=O)cc2)c2ccccc2O1. The van der Waals surface area contributed by atoms with E-state index >= 15 is 0 Å². The molecule has 1 unspecified atom stereocenters. The Hall–Kier alpha value is -3.35. The largest absolute Gasteiger partial charge is 0.477 e. The number of nitrogens with zero attached hydrogens (tertiary/aromatic N) is 1. The van der Waals surface area contributed by atoms with Crippen LogP contribution in [0.15, 0.2) is 48.5 Å². The first kappa shape index (κ1) is 23.3. The molecule has 0 radical (unpaired) electrons. The number of anilines is 2. The molecule has 1 aliphatic rings. The zero-order valence-electron chi connectivity index (χ0n) is 18.9. The Morgan fingerprint density at radius 1 is 1.06 bits per heavy atom. The molecule has 7 nitrogen and oxygen atoms in total. The summed E-state index contributed by atoms with van der Waals surface area (Å²) in [5.74, 6) is 0.358. The topological polar surface area (TPSA) is 87.7 Å². The van der Waals surface area contributed by atoms with E-state index in [0.717, 1.165) is 18.5 Å². The van der Waals surface area contributed by atoms with Crippen LogP contribution in [0.5, 0.6) is 5.75 Å². The van der Waals surface area contributed by atoms with Crippen LogP contribution >= 0.6 is 0 Å². The van der Waals surface area contributed by atoms with Crippen LogP contribution in [0.3, 0.4) is 0 Å². The van der Waals surface area contributed by atoms with Crippen LogP contribution in [-0.4, -0.2) is 42.8 Å². The predicted molar refractivity (Wildman–Crippen MR) is 125 cm³/mol. The van der Waals surface area contributed by atoms with Crippen molar-refractivity contribution >= 4 is 29.0 Å². The fourth-order valence-electron chi connectivity index (χ4n) is 3.69. The van der Waals surface area contributed by atoms with Crippen molar-refractivity contribution in [2.24, 2.45) is 0 Å². The van der Waals surface area contributed by atoms with Gasteiger partial charge in [0.1, 0.15) is 5.75 Å². The summed E-state index contributed by atoms with van der Waals surface area (Å²) in [5.41, 5.74) is 2.12. The van der Waals surface area contributed by atoms with E-state index in [2.05, 4.69) is 10.6 Å². The lowest BCUT2D eigenvalue weighted by molar-refractivity contribution is -0.128. The summed E-state index contributed by atoms with van der Waals surface area (Å²) in [4.78, 5) is 38.7. The lowest BCUT2D eigenvalue weighted by Gasteiger charge is -2.36. The third kappa shape index (κ3) is 5.87. The van der Waals surface area contributed by atoms with Crippen molar-refractivity contribution in [1.29, 1.82) is 0 Å². The van der Waals surface area contributed by atoms with E-state index in [-0.39, 0.29) is 30.1 Å². The molecule has 1 heterocycles. The first-order valence-electron chi connectivity index (χ1n) is 11.1. The first-order valence-corrected chi connectivity index (χ1v) is 11.1. The fraction of sp³-hybridized carbons (Fsp3) is 0.400. The van der Waals surface area contributed by atoms with Gasteiger partial charge in [-0.25, -0.2) is 0 Å². The van der Waals surface area contributed by atoms with Crippen LogP contribution in [0, 0.1) is 0 Å². The van der Waals surface area contributed by atoms with Gasteiger partial charge in [0.2, 0.25) is 5.91 Å². The Kier molecular flexibility index (Phi) is 7.87. The van der Waals surface area contributed by atoms with E-state index in [1.807, 2.05) is 43.0 Å². The highest BCUT2D eigenvalue weighted by molar-refractivity contribution is 5.95. The summed E-state index contributed by atoms with van der Waals surface area (Å²) in [5, 5.41) is 5.91. The van der Waals surface area contributed by atoms with E-state index in [1.54, 1.807) is 24.3 Å². The van der Waals surface area contributed by atoms with Crippen molar-refractivity contribution in [1.82, 2.24) is 5.32 Å². The van der Waals surface area contributed by atoms with E-state index in [0.29, 0.717) is 30.1 Å². The smallest absolute Gasteiger partial charge is 0.263 e. The number of fused-ring (bicyclic) bond motifs is 1. The lowest BCUT2D eigenvalue weighted by Crippen LogP contribution is -2.51. The van der Waals surface area contributed by atoms with E-state index < -0.39 is 6.10 Å². The van der Waals surface area contributed by atoms with Gasteiger partial charge >= 0.3 is 0 Å². The monoisotopic (exact) mass is 437 g/mol. The van der Waals surface area contributed by atoms with Gasteiger partial charge in [-0.2, -0.15) is 0 Å². The van der Waals surface area contributed by atoms with Gasteiger partial charge in [-0.05, 0) is 56.2 Å². The molecular weight excluding hydrogens is 406 g/mol. The molecule has 2 amide bonds. The normalized spacial score (nSPS) is 15.0. The summed E-state index contributed by atoms with van der Waals surface area (Å²) < 4.78 is 5.97. The van der Waals surface area contributed by atoms with Gasteiger partial charge in [0.15, 0.2) is 11.9 Å². The van der Waals surface area contributed by atoms with Crippen LogP contribution in [0.25, 0.3) is 0 Å². The first-order chi connectivity index (χ1) is 15.4. The number of nitrogens with one attached hydrogen (secondary N) is 2. The van der Waals surface area contributed by atoms with Crippen LogP contribution < -0.4 is 20.3 Å². The Labute approximate surface area is 189 Å². The third-order valence-corrected chi connectivity index (χ3v) is 5.67. The minimum atomic E-state index is -0.632. The van der Waals surface area contributed by atoms with Gasteiger partial charge in [0.25, 0.3) is 5.91 Å². The molecule has 1 aliphatic heterocycles. The Morgan fingerprint density at radius 3 is 2.41 bits per heavy atom. The van der Waals surface area contributed by atoms with Crippen molar-refractivity contribution in [3.05, 3.63) is 54.1 Å². The molecule has 170 valence electrons. The number of carbonyl (C=O) groups excluding carboxylic acids is 3. The van der Waals surface area contributed by atoms with Crippen molar-refractivity contribution in [3.63, 3.8) is 0 Å². The number of amides is 2. The predicted octanol–water partition coefficient (Wildman–Crippen LogP) is 3.79. The third-order valence-electron chi connectivity index (χ3n) is 5.67. The maximum atomic E-state index is 12.8. The van der Waals surface area contributed by atoms with Crippen LogP contribution in [0.1, 0.15) is 50.4 Å². The van der Waals surface area contributed by atoms with Gasteiger partial charge in [0, 0.05) is 30.3 Å². The average Bonchev–Trinajstić information content (AvgIpc) is 2.80. The van der Waals surface area contributed by atoms with Crippen molar-refractivity contribution in [3.8, 4) is 5.75 Å². The van der Waals surface area contributed by atoms with Gasteiger partial charge in [-0.3, -0.25) is 14.4 Å². The molecule has 32 heavy (non-hydrogen) atoms. The lowest BCUT2D eigenvalue weighted by atomic mass is 10.1. The van der Waals surface area contributed by atoms with Gasteiger partial charge in [-0.1, -0.05) is 26.0 Å².